The van der Waals surface area contributed by atoms with E-state index < -0.39 is 0 Å². The number of ether oxygens (including phenoxy) is 3. The van der Waals surface area contributed by atoms with Crippen molar-refractivity contribution in [2.75, 3.05) is 18.5 Å². The molecule has 0 spiro atoms. The predicted molar refractivity (Wildman–Crippen MR) is 95.1 cm³/mol. The SMILES string of the molecule is O=C(Nc1nnc(C2=COCCO2)o1)c1ccc(Oc2ccccc2)cc1. The number of benzene rings is 2. The number of para-hydroxylation sites is 1. The normalized spacial score (nSPS) is 13.1. The van der Waals surface area contributed by atoms with Crippen LogP contribution in [0.3, 0.4) is 0 Å². The second-order valence-electron chi connectivity index (χ2n) is 5.51. The Morgan fingerprint density at radius 3 is 2.48 bits per heavy atom. The first-order chi connectivity index (χ1) is 13.3. The average Bonchev–Trinajstić information content (AvgIpc) is 3.18. The van der Waals surface area contributed by atoms with Crippen molar-refractivity contribution in [2.24, 2.45) is 0 Å². The summed E-state index contributed by atoms with van der Waals surface area (Å²) in [6.07, 6.45) is 1.40. The Balaban J connectivity index is 1.39. The molecule has 27 heavy (non-hydrogen) atoms. The van der Waals surface area contributed by atoms with Gasteiger partial charge in [0.2, 0.25) is 5.76 Å². The highest BCUT2D eigenvalue weighted by Gasteiger charge is 2.17. The van der Waals surface area contributed by atoms with Crippen LogP contribution in [-0.4, -0.2) is 29.3 Å². The van der Waals surface area contributed by atoms with Gasteiger partial charge in [0.05, 0.1) is 0 Å². The maximum atomic E-state index is 12.3. The quantitative estimate of drug-likeness (QED) is 0.740. The summed E-state index contributed by atoms with van der Waals surface area (Å²) in [7, 11) is 0. The molecule has 0 aliphatic carbocycles. The van der Waals surface area contributed by atoms with Crippen molar-refractivity contribution in [3.63, 3.8) is 0 Å². The first-order valence-corrected chi connectivity index (χ1v) is 8.21. The van der Waals surface area contributed by atoms with Gasteiger partial charge in [-0.05, 0) is 36.4 Å². The molecule has 1 aliphatic rings. The standard InChI is InChI=1S/C19H15N3O5/c23-17(20-19-22-21-18(27-19)16-12-24-10-11-25-16)13-6-8-15(9-7-13)26-14-4-2-1-3-5-14/h1-9,12H,10-11H2,(H,20,22,23). The van der Waals surface area contributed by atoms with Gasteiger partial charge in [0.15, 0.2) is 0 Å². The van der Waals surface area contributed by atoms with Crippen LogP contribution in [0.4, 0.5) is 6.01 Å². The number of hydrogen-bond acceptors (Lipinski definition) is 7. The molecule has 2 aromatic carbocycles. The molecule has 8 heteroatoms. The molecule has 0 fully saturated rings. The molecule has 136 valence electrons. The van der Waals surface area contributed by atoms with Gasteiger partial charge < -0.3 is 18.6 Å². The smallest absolute Gasteiger partial charge is 0.322 e. The Bertz CT molecular complexity index is 951. The zero-order valence-electron chi connectivity index (χ0n) is 14.1. The summed E-state index contributed by atoms with van der Waals surface area (Å²) in [6.45, 7) is 0.860. The molecule has 1 N–H and O–H groups in total. The summed E-state index contributed by atoms with van der Waals surface area (Å²) in [5, 5.41) is 10.1. The number of nitrogens with one attached hydrogen (secondary N) is 1. The van der Waals surface area contributed by atoms with Gasteiger partial charge in [-0.25, -0.2) is 0 Å². The van der Waals surface area contributed by atoms with Gasteiger partial charge in [0, 0.05) is 5.56 Å². The maximum absolute atomic E-state index is 12.3. The van der Waals surface area contributed by atoms with Crippen LogP contribution in [0.2, 0.25) is 0 Å². The third-order valence-corrected chi connectivity index (χ3v) is 3.60. The first kappa shape index (κ1) is 16.6. The highest BCUT2D eigenvalue weighted by molar-refractivity contribution is 6.03. The first-order valence-electron chi connectivity index (χ1n) is 8.21. The van der Waals surface area contributed by atoms with Crippen LogP contribution in [0, 0.1) is 0 Å². The summed E-state index contributed by atoms with van der Waals surface area (Å²) < 4.78 is 21.5. The van der Waals surface area contributed by atoms with Gasteiger partial charge in [-0.3, -0.25) is 10.1 Å². The third-order valence-electron chi connectivity index (χ3n) is 3.60. The molecule has 0 saturated carbocycles. The van der Waals surface area contributed by atoms with Crippen LogP contribution < -0.4 is 10.1 Å². The van der Waals surface area contributed by atoms with Crippen LogP contribution in [0.1, 0.15) is 16.2 Å². The van der Waals surface area contributed by atoms with Crippen molar-refractivity contribution in [1.29, 1.82) is 0 Å². The van der Waals surface area contributed by atoms with E-state index in [9.17, 15) is 4.79 Å². The van der Waals surface area contributed by atoms with Gasteiger partial charge >= 0.3 is 6.01 Å². The zero-order valence-corrected chi connectivity index (χ0v) is 14.1. The Hall–Kier alpha value is -3.81. The van der Waals surface area contributed by atoms with E-state index in [4.69, 9.17) is 18.6 Å². The van der Waals surface area contributed by atoms with E-state index in [0.717, 1.165) is 5.75 Å². The second-order valence-corrected chi connectivity index (χ2v) is 5.51. The summed E-state index contributed by atoms with van der Waals surface area (Å²) in [5.41, 5.74) is 0.423. The van der Waals surface area contributed by atoms with Crippen molar-refractivity contribution in [2.45, 2.75) is 0 Å². The fourth-order valence-corrected chi connectivity index (χ4v) is 2.32. The molecule has 2 heterocycles. The number of anilines is 1. The van der Waals surface area contributed by atoms with Crippen LogP contribution in [0.15, 0.2) is 65.3 Å². The average molecular weight is 365 g/mol. The van der Waals surface area contributed by atoms with Crippen molar-refractivity contribution in [1.82, 2.24) is 10.2 Å². The molecular formula is C19H15N3O5. The number of hydrogen-bond donors (Lipinski definition) is 1. The van der Waals surface area contributed by atoms with E-state index in [-0.39, 0.29) is 17.8 Å². The Kier molecular flexibility index (Phi) is 4.69. The molecule has 1 aromatic heterocycles. The highest BCUT2D eigenvalue weighted by atomic mass is 16.6. The van der Waals surface area contributed by atoms with Crippen molar-refractivity contribution in [3.05, 3.63) is 72.3 Å². The molecule has 1 amide bonds. The Labute approximate surface area is 154 Å². The predicted octanol–water partition coefficient (Wildman–Crippen LogP) is 3.46. The summed E-state index contributed by atoms with van der Waals surface area (Å²) >= 11 is 0. The minimum absolute atomic E-state index is 0.0327. The van der Waals surface area contributed by atoms with E-state index in [0.29, 0.717) is 30.3 Å². The van der Waals surface area contributed by atoms with Crippen molar-refractivity contribution < 1.29 is 23.4 Å². The molecular weight excluding hydrogens is 350 g/mol. The van der Waals surface area contributed by atoms with Gasteiger partial charge in [-0.15, -0.1) is 5.10 Å². The second kappa shape index (κ2) is 7.61. The van der Waals surface area contributed by atoms with Gasteiger partial charge in [-0.1, -0.05) is 23.3 Å². The van der Waals surface area contributed by atoms with Gasteiger partial charge in [0.1, 0.15) is 31.0 Å². The summed E-state index contributed by atoms with van der Waals surface area (Å²) in [6, 6.07) is 16.1. The van der Waals surface area contributed by atoms with Gasteiger partial charge in [0.25, 0.3) is 11.8 Å². The number of carbonyl (C=O) groups excluding carboxylic acids is 1. The number of amides is 1. The lowest BCUT2D eigenvalue weighted by Crippen LogP contribution is -2.12. The third kappa shape index (κ3) is 4.06. The number of nitrogens with zero attached hydrogens (tertiary/aromatic N) is 2. The van der Waals surface area contributed by atoms with Crippen molar-refractivity contribution >= 4 is 17.7 Å². The Morgan fingerprint density at radius 1 is 0.963 bits per heavy atom. The molecule has 0 saturated heterocycles. The molecule has 0 unspecified atom stereocenters. The number of aromatic nitrogens is 2. The van der Waals surface area contributed by atoms with E-state index in [1.54, 1.807) is 24.3 Å². The summed E-state index contributed by atoms with van der Waals surface area (Å²) in [5.74, 6) is 1.43. The topological polar surface area (TPSA) is 95.7 Å². The lowest BCUT2D eigenvalue weighted by atomic mass is 10.2. The minimum atomic E-state index is -0.383. The fourth-order valence-electron chi connectivity index (χ4n) is 2.32. The molecule has 1 aliphatic heterocycles. The molecule has 3 aromatic rings. The van der Waals surface area contributed by atoms with E-state index in [1.807, 2.05) is 30.3 Å². The van der Waals surface area contributed by atoms with E-state index in [1.165, 1.54) is 6.26 Å². The zero-order chi connectivity index (χ0) is 18.5. The van der Waals surface area contributed by atoms with Gasteiger partial charge in [-0.2, -0.15) is 0 Å². The molecule has 0 radical (unpaired) electrons. The minimum Gasteiger partial charge on any atom is -0.494 e. The Morgan fingerprint density at radius 2 is 1.74 bits per heavy atom. The van der Waals surface area contributed by atoms with Crippen LogP contribution >= 0.6 is 0 Å². The monoisotopic (exact) mass is 365 g/mol. The van der Waals surface area contributed by atoms with Crippen LogP contribution in [0.25, 0.3) is 5.76 Å². The maximum Gasteiger partial charge on any atom is 0.322 e. The fraction of sp³-hybridized carbons (Fsp3) is 0.105. The van der Waals surface area contributed by atoms with E-state index >= 15 is 0 Å². The number of carbonyl (C=O) groups is 1. The number of rotatable bonds is 5. The highest BCUT2D eigenvalue weighted by Crippen LogP contribution is 2.22. The van der Waals surface area contributed by atoms with E-state index in [2.05, 4.69) is 15.5 Å². The molecule has 8 nitrogen and oxygen atoms in total. The lowest BCUT2D eigenvalue weighted by molar-refractivity contribution is 0.102. The van der Waals surface area contributed by atoms with Crippen molar-refractivity contribution in [3.8, 4) is 11.5 Å². The van der Waals surface area contributed by atoms with Crippen LogP contribution in [0.5, 0.6) is 11.5 Å². The molecule has 4 rings (SSSR count). The molecule has 0 atom stereocenters. The lowest BCUT2D eigenvalue weighted by Gasteiger charge is -2.11. The molecule has 0 bridgehead atoms. The summed E-state index contributed by atoms with van der Waals surface area (Å²) in [4.78, 5) is 12.3. The largest absolute Gasteiger partial charge is 0.494 e. The van der Waals surface area contributed by atoms with Crippen LogP contribution in [-0.2, 0) is 9.47 Å².